The molecule has 1 aliphatic rings. The van der Waals surface area contributed by atoms with Gasteiger partial charge in [0.1, 0.15) is 0 Å². The standard InChI is InChI=1S/C15H25N3O2/c1-12(2)18-6-7-20-14(11-18)10-16-9-13-4-5-17-15(8-13)19-3/h4-5,8,12,14,16H,6-7,9-11H2,1-3H3. The van der Waals surface area contributed by atoms with E-state index < -0.39 is 0 Å². The zero-order valence-electron chi connectivity index (χ0n) is 12.6. The molecule has 0 aliphatic carbocycles. The van der Waals surface area contributed by atoms with Crippen LogP contribution in [-0.2, 0) is 11.3 Å². The van der Waals surface area contributed by atoms with Gasteiger partial charge in [-0.1, -0.05) is 0 Å². The third kappa shape index (κ3) is 4.44. The molecule has 112 valence electrons. The lowest BCUT2D eigenvalue weighted by Crippen LogP contribution is -2.48. The lowest BCUT2D eigenvalue weighted by Gasteiger charge is -2.35. The van der Waals surface area contributed by atoms with E-state index >= 15 is 0 Å². The first kappa shape index (κ1) is 15.2. The Hall–Kier alpha value is -1.17. The van der Waals surface area contributed by atoms with Crippen LogP contribution in [-0.4, -0.2) is 55.4 Å². The summed E-state index contributed by atoms with van der Waals surface area (Å²) >= 11 is 0. The van der Waals surface area contributed by atoms with Crippen LogP contribution in [0.15, 0.2) is 18.3 Å². The minimum Gasteiger partial charge on any atom is -0.481 e. The fourth-order valence-corrected chi connectivity index (χ4v) is 2.38. The van der Waals surface area contributed by atoms with Gasteiger partial charge >= 0.3 is 0 Å². The van der Waals surface area contributed by atoms with Crippen molar-refractivity contribution in [1.29, 1.82) is 0 Å². The summed E-state index contributed by atoms with van der Waals surface area (Å²) < 4.78 is 10.9. The Morgan fingerprint density at radius 2 is 2.40 bits per heavy atom. The molecule has 1 saturated heterocycles. The average Bonchev–Trinajstić information content (AvgIpc) is 2.48. The van der Waals surface area contributed by atoms with Crippen LogP contribution in [0.25, 0.3) is 0 Å². The van der Waals surface area contributed by atoms with E-state index in [-0.39, 0.29) is 6.10 Å². The van der Waals surface area contributed by atoms with Gasteiger partial charge in [0.15, 0.2) is 0 Å². The monoisotopic (exact) mass is 279 g/mol. The van der Waals surface area contributed by atoms with Gasteiger partial charge in [-0.05, 0) is 25.5 Å². The minimum absolute atomic E-state index is 0.273. The Morgan fingerprint density at radius 3 is 3.15 bits per heavy atom. The quantitative estimate of drug-likeness (QED) is 0.850. The zero-order valence-corrected chi connectivity index (χ0v) is 12.6. The Kier molecular flexibility index (Phi) is 5.76. The molecule has 0 bridgehead atoms. The second-order valence-corrected chi connectivity index (χ2v) is 5.42. The van der Waals surface area contributed by atoms with Crippen molar-refractivity contribution in [1.82, 2.24) is 15.2 Å². The molecule has 0 saturated carbocycles. The molecule has 1 atom stereocenters. The molecule has 0 aromatic carbocycles. The van der Waals surface area contributed by atoms with Crippen molar-refractivity contribution in [2.75, 3.05) is 33.4 Å². The van der Waals surface area contributed by atoms with E-state index in [0.29, 0.717) is 11.9 Å². The number of methoxy groups -OCH3 is 1. The molecule has 1 N–H and O–H groups in total. The van der Waals surface area contributed by atoms with Crippen molar-refractivity contribution in [3.8, 4) is 5.88 Å². The van der Waals surface area contributed by atoms with E-state index in [4.69, 9.17) is 9.47 Å². The predicted octanol–water partition coefficient (Wildman–Crippen LogP) is 1.29. The first-order valence-corrected chi connectivity index (χ1v) is 7.24. The first-order chi connectivity index (χ1) is 9.69. The number of nitrogens with zero attached hydrogens (tertiary/aromatic N) is 2. The molecule has 5 nitrogen and oxygen atoms in total. The van der Waals surface area contributed by atoms with Gasteiger partial charge in [0.05, 0.1) is 19.8 Å². The molecule has 0 amide bonds. The molecule has 1 aromatic rings. The Bertz CT molecular complexity index is 412. The fourth-order valence-electron chi connectivity index (χ4n) is 2.38. The fraction of sp³-hybridized carbons (Fsp3) is 0.667. The van der Waals surface area contributed by atoms with Gasteiger partial charge in [0, 0.05) is 44.5 Å². The second-order valence-electron chi connectivity index (χ2n) is 5.42. The van der Waals surface area contributed by atoms with Gasteiger partial charge in [0.25, 0.3) is 0 Å². The highest BCUT2D eigenvalue weighted by atomic mass is 16.5. The molecule has 0 radical (unpaired) electrons. The summed E-state index contributed by atoms with van der Waals surface area (Å²) in [7, 11) is 1.63. The molecule has 1 aromatic heterocycles. The van der Waals surface area contributed by atoms with Crippen LogP contribution >= 0.6 is 0 Å². The lowest BCUT2D eigenvalue weighted by molar-refractivity contribution is -0.0372. The van der Waals surface area contributed by atoms with Gasteiger partial charge in [-0.3, -0.25) is 4.90 Å². The molecule has 0 spiro atoms. The van der Waals surface area contributed by atoms with Gasteiger partial charge < -0.3 is 14.8 Å². The number of hydrogen-bond acceptors (Lipinski definition) is 5. The summed E-state index contributed by atoms with van der Waals surface area (Å²) in [6.07, 6.45) is 2.04. The average molecular weight is 279 g/mol. The summed E-state index contributed by atoms with van der Waals surface area (Å²) in [6.45, 7) is 9.01. The highest BCUT2D eigenvalue weighted by Crippen LogP contribution is 2.10. The van der Waals surface area contributed by atoms with E-state index in [0.717, 1.165) is 32.8 Å². The van der Waals surface area contributed by atoms with Crippen molar-refractivity contribution in [3.63, 3.8) is 0 Å². The van der Waals surface area contributed by atoms with Crippen LogP contribution in [0.4, 0.5) is 0 Å². The smallest absolute Gasteiger partial charge is 0.213 e. The van der Waals surface area contributed by atoms with Gasteiger partial charge in [-0.2, -0.15) is 0 Å². The number of pyridine rings is 1. The Balaban J connectivity index is 1.75. The molecule has 1 unspecified atom stereocenters. The molecule has 2 heterocycles. The Morgan fingerprint density at radius 1 is 1.55 bits per heavy atom. The lowest BCUT2D eigenvalue weighted by atomic mass is 10.2. The second kappa shape index (κ2) is 7.57. The summed E-state index contributed by atoms with van der Waals surface area (Å²) in [5.74, 6) is 0.657. The molecule has 5 heteroatoms. The number of hydrogen-bond donors (Lipinski definition) is 1. The molecule has 1 aliphatic heterocycles. The number of rotatable bonds is 6. The van der Waals surface area contributed by atoms with Gasteiger partial charge in [0.2, 0.25) is 5.88 Å². The topological polar surface area (TPSA) is 46.6 Å². The van der Waals surface area contributed by atoms with Crippen LogP contribution < -0.4 is 10.1 Å². The normalized spacial score (nSPS) is 20.3. The number of nitrogens with one attached hydrogen (secondary N) is 1. The van der Waals surface area contributed by atoms with E-state index in [9.17, 15) is 0 Å². The van der Waals surface area contributed by atoms with E-state index in [1.807, 2.05) is 12.1 Å². The third-order valence-corrected chi connectivity index (χ3v) is 3.61. The van der Waals surface area contributed by atoms with Crippen molar-refractivity contribution >= 4 is 0 Å². The number of morpholine rings is 1. The van der Waals surface area contributed by atoms with Crippen LogP contribution in [0.5, 0.6) is 5.88 Å². The van der Waals surface area contributed by atoms with Crippen molar-refractivity contribution in [3.05, 3.63) is 23.9 Å². The van der Waals surface area contributed by atoms with Crippen LogP contribution in [0, 0.1) is 0 Å². The van der Waals surface area contributed by atoms with Crippen molar-refractivity contribution in [2.45, 2.75) is 32.5 Å². The largest absolute Gasteiger partial charge is 0.481 e. The van der Waals surface area contributed by atoms with Crippen molar-refractivity contribution < 1.29 is 9.47 Å². The van der Waals surface area contributed by atoms with E-state index in [1.165, 1.54) is 5.56 Å². The summed E-state index contributed by atoms with van der Waals surface area (Å²) in [4.78, 5) is 6.57. The summed E-state index contributed by atoms with van der Waals surface area (Å²) in [6, 6.07) is 4.54. The third-order valence-electron chi connectivity index (χ3n) is 3.61. The molecule has 2 rings (SSSR count). The highest BCUT2D eigenvalue weighted by Gasteiger charge is 2.21. The predicted molar refractivity (Wildman–Crippen MR) is 78.9 cm³/mol. The number of ether oxygens (including phenoxy) is 2. The SMILES string of the molecule is COc1cc(CNCC2CN(C(C)C)CCO2)ccn1. The van der Waals surface area contributed by atoms with E-state index in [2.05, 4.69) is 29.0 Å². The summed E-state index contributed by atoms with van der Waals surface area (Å²) in [5.41, 5.74) is 1.17. The molecule has 1 fully saturated rings. The first-order valence-electron chi connectivity index (χ1n) is 7.24. The minimum atomic E-state index is 0.273. The van der Waals surface area contributed by atoms with Crippen LogP contribution in [0.2, 0.25) is 0 Å². The number of aromatic nitrogens is 1. The maximum atomic E-state index is 5.80. The Labute approximate surface area is 121 Å². The summed E-state index contributed by atoms with van der Waals surface area (Å²) in [5, 5.41) is 3.45. The van der Waals surface area contributed by atoms with Crippen LogP contribution in [0.3, 0.4) is 0 Å². The van der Waals surface area contributed by atoms with Crippen LogP contribution in [0.1, 0.15) is 19.4 Å². The molecule has 20 heavy (non-hydrogen) atoms. The highest BCUT2D eigenvalue weighted by molar-refractivity contribution is 5.20. The molecular weight excluding hydrogens is 254 g/mol. The zero-order chi connectivity index (χ0) is 14.4. The van der Waals surface area contributed by atoms with Gasteiger partial charge in [-0.15, -0.1) is 0 Å². The molecular formula is C15H25N3O2. The maximum absolute atomic E-state index is 5.80. The van der Waals surface area contributed by atoms with E-state index in [1.54, 1.807) is 13.3 Å². The van der Waals surface area contributed by atoms with Crippen molar-refractivity contribution in [2.24, 2.45) is 0 Å². The maximum Gasteiger partial charge on any atom is 0.213 e. The van der Waals surface area contributed by atoms with Gasteiger partial charge in [-0.25, -0.2) is 4.98 Å².